The number of carbonyl (C=O) groups is 2. The van der Waals surface area contributed by atoms with Crippen LogP contribution in [0.25, 0.3) is 0 Å². The van der Waals surface area contributed by atoms with E-state index in [9.17, 15) is 14.0 Å². The van der Waals surface area contributed by atoms with Crippen LogP contribution in [0.2, 0.25) is 0 Å². The van der Waals surface area contributed by atoms with Crippen molar-refractivity contribution in [2.24, 2.45) is 0 Å². The van der Waals surface area contributed by atoms with E-state index in [1.165, 1.54) is 29.2 Å². The van der Waals surface area contributed by atoms with Crippen LogP contribution in [0, 0.1) is 5.82 Å². The smallest absolute Gasteiger partial charge is 0.254 e. The van der Waals surface area contributed by atoms with E-state index in [0.29, 0.717) is 24.2 Å². The van der Waals surface area contributed by atoms with Gasteiger partial charge in [-0.05, 0) is 29.8 Å². The lowest BCUT2D eigenvalue weighted by atomic mass is 10.0. The molecule has 2 aromatic rings. The van der Waals surface area contributed by atoms with Gasteiger partial charge in [0.15, 0.2) is 0 Å². The Hall–Kier alpha value is -2.69. The quantitative estimate of drug-likeness (QED) is 0.923. The molecule has 1 fully saturated rings. The highest BCUT2D eigenvalue weighted by Crippen LogP contribution is 2.25. The Labute approximate surface area is 127 Å². The number of nitrogens with zero attached hydrogens (tertiary/aromatic N) is 1. The van der Waals surface area contributed by atoms with E-state index in [2.05, 4.69) is 5.32 Å². The lowest BCUT2D eigenvalue weighted by Gasteiger charge is -2.35. The van der Waals surface area contributed by atoms with Crippen molar-refractivity contribution in [2.75, 3.05) is 13.1 Å². The molecular weight excluding hydrogens is 283 g/mol. The van der Waals surface area contributed by atoms with Gasteiger partial charge in [-0.1, -0.05) is 30.3 Å². The van der Waals surface area contributed by atoms with Gasteiger partial charge in [-0.15, -0.1) is 0 Å². The Kier molecular flexibility index (Phi) is 3.87. The van der Waals surface area contributed by atoms with Crippen molar-refractivity contribution >= 4 is 11.8 Å². The van der Waals surface area contributed by atoms with Crippen LogP contribution in [0.5, 0.6) is 0 Å². The zero-order valence-electron chi connectivity index (χ0n) is 11.8. The number of amides is 2. The predicted octanol–water partition coefficient (Wildman–Crippen LogP) is 2.14. The first-order chi connectivity index (χ1) is 10.7. The van der Waals surface area contributed by atoms with Crippen LogP contribution in [-0.2, 0) is 4.79 Å². The minimum absolute atomic E-state index is 0.204. The maximum Gasteiger partial charge on any atom is 0.254 e. The van der Waals surface area contributed by atoms with Gasteiger partial charge in [0.1, 0.15) is 11.9 Å². The van der Waals surface area contributed by atoms with Gasteiger partial charge >= 0.3 is 0 Å². The number of carbonyl (C=O) groups excluding carboxylic acids is 2. The molecule has 1 N–H and O–H groups in total. The zero-order chi connectivity index (χ0) is 15.5. The molecule has 1 aliphatic heterocycles. The van der Waals surface area contributed by atoms with Gasteiger partial charge in [-0.25, -0.2) is 4.39 Å². The first-order valence-electron chi connectivity index (χ1n) is 7.06. The second-order valence-corrected chi connectivity index (χ2v) is 5.11. The molecule has 0 spiro atoms. The minimum atomic E-state index is -0.734. The van der Waals surface area contributed by atoms with E-state index in [1.54, 1.807) is 24.3 Å². The molecule has 22 heavy (non-hydrogen) atoms. The monoisotopic (exact) mass is 298 g/mol. The molecule has 3 rings (SSSR count). The van der Waals surface area contributed by atoms with Gasteiger partial charge in [0.05, 0.1) is 0 Å². The topological polar surface area (TPSA) is 49.4 Å². The summed E-state index contributed by atoms with van der Waals surface area (Å²) in [6.45, 7) is 0.830. The van der Waals surface area contributed by atoms with E-state index in [1.807, 2.05) is 6.07 Å². The number of rotatable bonds is 2. The van der Waals surface area contributed by atoms with Crippen molar-refractivity contribution in [1.29, 1.82) is 0 Å². The number of hydrogen-bond donors (Lipinski definition) is 1. The van der Waals surface area contributed by atoms with Crippen LogP contribution in [0.15, 0.2) is 54.6 Å². The third-order valence-electron chi connectivity index (χ3n) is 3.68. The van der Waals surface area contributed by atoms with Crippen molar-refractivity contribution in [3.8, 4) is 0 Å². The predicted molar refractivity (Wildman–Crippen MR) is 79.6 cm³/mol. The molecule has 0 bridgehead atoms. The lowest BCUT2D eigenvalue weighted by Crippen LogP contribution is -2.52. The van der Waals surface area contributed by atoms with E-state index in [4.69, 9.17) is 0 Å². The molecule has 0 radical (unpaired) electrons. The van der Waals surface area contributed by atoms with Crippen LogP contribution in [-0.4, -0.2) is 29.8 Å². The fourth-order valence-corrected chi connectivity index (χ4v) is 2.61. The SMILES string of the molecule is O=C1NCCN(C(=O)c2ccccc2)C1c1ccc(F)cc1. The van der Waals surface area contributed by atoms with Gasteiger partial charge < -0.3 is 10.2 Å². The summed E-state index contributed by atoms with van der Waals surface area (Å²) in [5, 5.41) is 2.75. The van der Waals surface area contributed by atoms with Crippen molar-refractivity contribution < 1.29 is 14.0 Å². The normalized spacial score (nSPS) is 18.0. The van der Waals surface area contributed by atoms with Crippen molar-refractivity contribution in [1.82, 2.24) is 10.2 Å². The maximum absolute atomic E-state index is 13.1. The minimum Gasteiger partial charge on any atom is -0.352 e. The second kappa shape index (κ2) is 5.97. The molecule has 112 valence electrons. The molecule has 1 saturated heterocycles. The number of benzene rings is 2. The summed E-state index contributed by atoms with van der Waals surface area (Å²) < 4.78 is 13.1. The van der Waals surface area contributed by atoms with Crippen LogP contribution in [0.4, 0.5) is 4.39 Å². The molecule has 2 amide bonds. The van der Waals surface area contributed by atoms with E-state index < -0.39 is 6.04 Å². The molecule has 2 aromatic carbocycles. The third-order valence-corrected chi connectivity index (χ3v) is 3.68. The number of halogens is 1. The summed E-state index contributed by atoms with van der Waals surface area (Å²) in [5.41, 5.74) is 1.13. The van der Waals surface area contributed by atoms with Gasteiger partial charge in [0.2, 0.25) is 5.91 Å². The fourth-order valence-electron chi connectivity index (χ4n) is 2.61. The Morgan fingerprint density at radius 3 is 2.45 bits per heavy atom. The average Bonchev–Trinajstić information content (AvgIpc) is 2.56. The molecule has 4 nitrogen and oxygen atoms in total. The number of hydrogen-bond acceptors (Lipinski definition) is 2. The Morgan fingerprint density at radius 1 is 1.09 bits per heavy atom. The Bertz CT molecular complexity index is 686. The summed E-state index contributed by atoms with van der Waals surface area (Å²) >= 11 is 0. The molecule has 0 aromatic heterocycles. The van der Waals surface area contributed by atoms with Crippen LogP contribution in [0.1, 0.15) is 22.0 Å². The largest absolute Gasteiger partial charge is 0.352 e. The summed E-state index contributed by atoms with van der Waals surface area (Å²) in [5.74, 6) is -0.826. The van der Waals surface area contributed by atoms with Crippen molar-refractivity contribution in [3.05, 3.63) is 71.5 Å². The van der Waals surface area contributed by atoms with Crippen molar-refractivity contribution in [3.63, 3.8) is 0 Å². The van der Waals surface area contributed by atoms with Gasteiger partial charge in [0, 0.05) is 18.7 Å². The highest BCUT2D eigenvalue weighted by Gasteiger charge is 2.34. The standard InChI is InChI=1S/C17H15FN2O2/c18-14-8-6-12(7-9-14)15-16(21)19-10-11-20(15)17(22)13-4-2-1-3-5-13/h1-9,15H,10-11H2,(H,19,21). The average molecular weight is 298 g/mol. The van der Waals surface area contributed by atoms with Gasteiger partial charge in [0.25, 0.3) is 5.91 Å². The molecule has 1 atom stereocenters. The Balaban J connectivity index is 1.95. The van der Waals surface area contributed by atoms with E-state index >= 15 is 0 Å². The molecule has 1 heterocycles. The summed E-state index contributed by atoms with van der Waals surface area (Å²) in [6.07, 6.45) is 0. The lowest BCUT2D eigenvalue weighted by molar-refractivity contribution is -0.128. The summed E-state index contributed by atoms with van der Waals surface area (Å²) in [4.78, 5) is 26.4. The summed E-state index contributed by atoms with van der Waals surface area (Å²) in [7, 11) is 0. The first kappa shape index (κ1) is 14.3. The molecule has 5 heteroatoms. The highest BCUT2D eigenvalue weighted by atomic mass is 19.1. The van der Waals surface area contributed by atoms with Crippen LogP contribution >= 0.6 is 0 Å². The summed E-state index contributed by atoms with van der Waals surface area (Å²) in [6, 6.07) is 13.8. The molecule has 0 aliphatic carbocycles. The number of piperazine rings is 1. The van der Waals surface area contributed by atoms with Gasteiger partial charge in [-0.3, -0.25) is 9.59 Å². The number of nitrogens with one attached hydrogen (secondary N) is 1. The molecule has 0 saturated carbocycles. The van der Waals surface area contributed by atoms with Gasteiger partial charge in [-0.2, -0.15) is 0 Å². The first-order valence-corrected chi connectivity index (χ1v) is 7.06. The highest BCUT2D eigenvalue weighted by molar-refractivity contribution is 5.98. The zero-order valence-corrected chi connectivity index (χ0v) is 11.8. The molecule has 1 aliphatic rings. The third kappa shape index (κ3) is 2.70. The van der Waals surface area contributed by atoms with E-state index in [0.717, 1.165) is 0 Å². The fraction of sp³-hybridized carbons (Fsp3) is 0.176. The van der Waals surface area contributed by atoms with Crippen LogP contribution < -0.4 is 5.32 Å². The van der Waals surface area contributed by atoms with Crippen molar-refractivity contribution in [2.45, 2.75) is 6.04 Å². The Morgan fingerprint density at radius 2 is 1.77 bits per heavy atom. The molecular formula is C17H15FN2O2. The van der Waals surface area contributed by atoms with E-state index in [-0.39, 0.29) is 17.6 Å². The maximum atomic E-state index is 13.1. The molecule has 1 unspecified atom stereocenters. The second-order valence-electron chi connectivity index (χ2n) is 5.11. The van der Waals surface area contributed by atoms with Crippen LogP contribution in [0.3, 0.4) is 0 Å².